The Morgan fingerprint density at radius 2 is 1.21 bits per heavy atom. The van der Waals surface area contributed by atoms with E-state index < -0.39 is 55.2 Å². The second-order valence-corrected chi connectivity index (χ2v) is 9.03. The van der Waals surface area contributed by atoms with E-state index in [-0.39, 0.29) is 24.1 Å². The Morgan fingerprint density at radius 3 is 1.69 bits per heavy atom. The van der Waals surface area contributed by atoms with Crippen LogP contribution in [0.5, 0.6) is 0 Å². The van der Waals surface area contributed by atoms with Crippen LogP contribution in [-0.4, -0.2) is 70.1 Å². The number of esters is 4. The second kappa shape index (κ2) is 19.2. The molecule has 11 heteroatoms. The minimum absolute atomic E-state index is 0.0808. The SMILES string of the molecule is C=C(C)CCCCC(C(=O)OCC(=C)C(=O)OC)C(OC(=O)NCCCC(=C)C)C(=O)OCC(=C)C(=O)OC. The number of ether oxygens (including phenoxy) is 5. The second-order valence-electron chi connectivity index (χ2n) is 9.03. The topological polar surface area (TPSA) is 144 Å². The van der Waals surface area contributed by atoms with Crippen molar-refractivity contribution in [1.82, 2.24) is 5.32 Å². The number of hydrogen-bond acceptors (Lipinski definition) is 10. The molecule has 0 aliphatic carbocycles. The van der Waals surface area contributed by atoms with E-state index in [0.717, 1.165) is 25.4 Å². The zero-order valence-electron chi connectivity index (χ0n) is 23.4. The third-order valence-corrected chi connectivity index (χ3v) is 5.28. The smallest absolute Gasteiger partial charge is 0.408 e. The first-order valence-electron chi connectivity index (χ1n) is 12.4. The summed E-state index contributed by atoms with van der Waals surface area (Å²) in [6.07, 6.45) is 0.430. The lowest BCUT2D eigenvalue weighted by Crippen LogP contribution is -2.43. The molecular formula is C28H41NO10. The van der Waals surface area contributed by atoms with Crippen molar-refractivity contribution >= 4 is 30.0 Å². The fraction of sp³-hybridized carbons (Fsp3) is 0.536. The summed E-state index contributed by atoms with van der Waals surface area (Å²) in [5, 5.41) is 2.52. The number of alkyl carbamates (subject to hydrolysis) is 1. The number of carbonyl (C=O) groups is 5. The number of carbonyl (C=O) groups excluding carboxylic acids is 5. The minimum atomic E-state index is -1.72. The first kappa shape index (κ1) is 35.1. The monoisotopic (exact) mass is 551 g/mol. The van der Waals surface area contributed by atoms with Gasteiger partial charge in [0.05, 0.1) is 25.4 Å². The summed E-state index contributed by atoms with van der Waals surface area (Å²) in [5.41, 5.74) is 1.58. The van der Waals surface area contributed by atoms with E-state index in [1.807, 2.05) is 13.8 Å². The lowest BCUT2D eigenvalue weighted by molar-refractivity contribution is -0.166. The molecule has 0 aromatic rings. The molecule has 0 aliphatic heterocycles. The average Bonchev–Trinajstić information content (AvgIpc) is 2.89. The van der Waals surface area contributed by atoms with Crippen molar-refractivity contribution < 1.29 is 47.7 Å². The predicted octanol–water partition coefficient (Wildman–Crippen LogP) is 3.74. The van der Waals surface area contributed by atoms with Crippen molar-refractivity contribution in [3.63, 3.8) is 0 Å². The van der Waals surface area contributed by atoms with Crippen molar-refractivity contribution in [3.8, 4) is 0 Å². The van der Waals surface area contributed by atoms with Gasteiger partial charge in [-0.2, -0.15) is 0 Å². The van der Waals surface area contributed by atoms with Gasteiger partial charge in [-0.25, -0.2) is 19.2 Å². The zero-order valence-corrected chi connectivity index (χ0v) is 23.4. The van der Waals surface area contributed by atoms with E-state index in [4.69, 9.17) is 14.2 Å². The van der Waals surface area contributed by atoms with E-state index in [0.29, 0.717) is 32.1 Å². The number of allylic oxidation sites excluding steroid dienone is 2. The largest absolute Gasteiger partial charge is 0.466 e. The van der Waals surface area contributed by atoms with Crippen LogP contribution in [0.1, 0.15) is 52.4 Å². The van der Waals surface area contributed by atoms with Gasteiger partial charge in [0, 0.05) is 6.54 Å². The highest BCUT2D eigenvalue weighted by Gasteiger charge is 2.39. The maximum Gasteiger partial charge on any atom is 0.408 e. The van der Waals surface area contributed by atoms with Gasteiger partial charge in [-0.15, -0.1) is 13.2 Å². The molecule has 2 atom stereocenters. The van der Waals surface area contributed by atoms with E-state index >= 15 is 0 Å². The van der Waals surface area contributed by atoms with Crippen molar-refractivity contribution in [3.05, 3.63) is 48.6 Å². The van der Waals surface area contributed by atoms with E-state index in [1.165, 1.54) is 0 Å². The Bertz CT molecular complexity index is 937. The molecule has 1 amide bonds. The fourth-order valence-electron chi connectivity index (χ4n) is 3.13. The van der Waals surface area contributed by atoms with E-state index in [1.54, 1.807) is 0 Å². The molecule has 218 valence electrons. The highest BCUT2D eigenvalue weighted by atomic mass is 16.6. The molecule has 1 N–H and O–H groups in total. The first-order valence-corrected chi connectivity index (χ1v) is 12.4. The quantitative estimate of drug-likeness (QED) is 0.0829. The molecule has 2 unspecified atom stereocenters. The molecule has 39 heavy (non-hydrogen) atoms. The highest BCUT2D eigenvalue weighted by molar-refractivity contribution is 5.90. The van der Waals surface area contributed by atoms with Crippen LogP contribution in [0, 0.1) is 5.92 Å². The van der Waals surface area contributed by atoms with Crippen LogP contribution in [0.2, 0.25) is 0 Å². The van der Waals surface area contributed by atoms with Crippen molar-refractivity contribution in [1.29, 1.82) is 0 Å². The molecule has 11 nitrogen and oxygen atoms in total. The number of methoxy groups -OCH3 is 2. The Labute approximate surface area is 230 Å². The van der Waals surface area contributed by atoms with Gasteiger partial charge in [0.1, 0.15) is 19.1 Å². The Kier molecular flexibility index (Phi) is 17.3. The highest BCUT2D eigenvalue weighted by Crippen LogP contribution is 2.22. The van der Waals surface area contributed by atoms with Gasteiger partial charge in [0.25, 0.3) is 0 Å². The maximum atomic E-state index is 13.1. The van der Waals surface area contributed by atoms with Gasteiger partial charge in [-0.3, -0.25) is 4.79 Å². The molecule has 0 bridgehead atoms. The number of amides is 1. The third kappa shape index (κ3) is 15.2. The van der Waals surface area contributed by atoms with Crippen LogP contribution in [0.25, 0.3) is 0 Å². The van der Waals surface area contributed by atoms with Crippen LogP contribution in [-0.2, 0) is 42.9 Å². The molecule has 0 radical (unpaired) electrons. The maximum absolute atomic E-state index is 13.1. The molecule has 0 heterocycles. The van der Waals surface area contributed by atoms with Crippen molar-refractivity contribution in [2.75, 3.05) is 34.0 Å². The Hall–Kier alpha value is -3.89. The van der Waals surface area contributed by atoms with Crippen LogP contribution < -0.4 is 5.32 Å². The molecule has 0 rings (SSSR count). The number of rotatable bonds is 19. The fourth-order valence-corrected chi connectivity index (χ4v) is 3.13. The van der Waals surface area contributed by atoms with Gasteiger partial charge in [-0.1, -0.05) is 30.7 Å². The molecule has 0 aliphatic rings. The number of unbranched alkanes of at least 4 members (excludes halogenated alkanes) is 1. The van der Waals surface area contributed by atoms with Crippen molar-refractivity contribution in [2.24, 2.45) is 5.92 Å². The summed E-state index contributed by atoms with van der Waals surface area (Å²) in [7, 11) is 2.29. The summed E-state index contributed by atoms with van der Waals surface area (Å²) < 4.78 is 24.8. The van der Waals surface area contributed by atoms with Gasteiger partial charge < -0.3 is 29.0 Å². The molecule has 0 fully saturated rings. The third-order valence-electron chi connectivity index (χ3n) is 5.28. The summed E-state index contributed by atoms with van der Waals surface area (Å²) in [6, 6.07) is 0. The minimum Gasteiger partial charge on any atom is -0.466 e. The zero-order chi connectivity index (χ0) is 30.0. The van der Waals surface area contributed by atoms with Crippen LogP contribution in [0.15, 0.2) is 48.6 Å². The summed E-state index contributed by atoms with van der Waals surface area (Å²) in [5.74, 6) is -4.87. The molecular weight excluding hydrogens is 510 g/mol. The lowest BCUT2D eigenvalue weighted by Gasteiger charge is -2.25. The van der Waals surface area contributed by atoms with E-state index in [9.17, 15) is 24.0 Å². The first-order chi connectivity index (χ1) is 18.3. The van der Waals surface area contributed by atoms with Crippen LogP contribution in [0.3, 0.4) is 0 Å². The lowest BCUT2D eigenvalue weighted by atomic mass is 9.94. The number of nitrogens with one attached hydrogen (secondary N) is 1. The van der Waals surface area contributed by atoms with Gasteiger partial charge in [0.2, 0.25) is 6.10 Å². The van der Waals surface area contributed by atoms with Crippen LogP contribution >= 0.6 is 0 Å². The summed E-state index contributed by atoms with van der Waals surface area (Å²) in [4.78, 5) is 61.9. The molecule has 0 aromatic carbocycles. The normalized spacial score (nSPS) is 11.7. The number of hydrogen-bond donors (Lipinski definition) is 1. The van der Waals surface area contributed by atoms with Crippen molar-refractivity contribution in [2.45, 2.75) is 58.5 Å². The van der Waals surface area contributed by atoms with Gasteiger partial charge >= 0.3 is 30.0 Å². The average molecular weight is 552 g/mol. The predicted molar refractivity (Wildman–Crippen MR) is 143 cm³/mol. The summed E-state index contributed by atoms with van der Waals surface area (Å²) >= 11 is 0. The van der Waals surface area contributed by atoms with Gasteiger partial charge in [0.15, 0.2) is 0 Å². The Morgan fingerprint density at radius 1 is 0.718 bits per heavy atom. The molecule has 0 aromatic heterocycles. The standard InChI is InChI=1S/C28H41NO10/c1-18(2)12-9-10-14-22(26(32)37-16-20(5)24(30)35-7)23(27(33)38-17-21(6)25(31)36-8)39-28(34)29-15-11-13-19(3)4/h22-23H,1,3,5-6,9-17H2,2,4,7-8H3,(H,29,34). The molecule has 0 saturated heterocycles. The molecule has 0 spiro atoms. The van der Waals surface area contributed by atoms with E-state index in [2.05, 4.69) is 41.1 Å². The van der Waals surface area contributed by atoms with Gasteiger partial charge in [-0.05, 0) is 46.0 Å². The summed E-state index contributed by atoms with van der Waals surface area (Å²) in [6.45, 7) is 17.5. The van der Waals surface area contributed by atoms with Crippen LogP contribution in [0.4, 0.5) is 4.79 Å². The Balaban J connectivity index is 5.83. The molecule has 0 saturated carbocycles.